The van der Waals surface area contributed by atoms with Crippen molar-refractivity contribution in [1.29, 1.82) is 0 Å². The van der Waals surface area contributed by atoms with Crippen molar-refractivity contribution in [2.24, 2.45) is 11.3 Å². The number of hydrogen-bond acceptors (Lipinski definition) is 3. The zero-order valence-electron chi connectivity index (χ0n) is 13.9. The number of nitrogens with zero attached hydrogens (tertiary/aromatic N) is 1. The Labute approximate surface area is 128 Å². The summed E-state index contributed by atoms with van der Waals surface area (Å²) in [6, 6.07) is 0. The molecule has 2 rings (SSSR count). The predicted octanol–water partition coefficient (Wildman–Crippen LogP) is 4.92. The molecule has 1 N–H and O–H groups in total. The average molecular weight is 295 g/mol. The molecular weight excluding hydrogens is 264 g/mol. The van der Waals surface area contributed by atoms with Gasteiger partial charge in [-0.2, -0.15) is 0 Å². The quantitative estimate of drug-likeness (QED) is 0.834. The Balaban J connectivity index is 2.36. The van der Waals surface area contributed by atoms with Crippen LogP contribution in [0.1, 0.15) is 77.4 Å². The third kappa shape index (κ3) is 2.94. The van der Waals surface area contributed by atoms with Gasteiger partial charge in [-0.1, -0.05) is 41.5 Å². The third-order valence-corrected chi connectivity index (χ3v) is 5.68. The van der Waals surface area contributed by atoms with E-state index in [9.17, 15) is 0 Å². The van der Waals surface area contributed by atoms with Gasteiger partial charge in [0.2, 0.25) is 0 Å². The molecule has 2 atom stereocenters. The summed E-state index contributed by atoms with van der Waals surface area (Å²) in [6.45, 7) is 15.0. The van der Waals surface area contributed by atoms with Crippen LogP contribution < -0.4 is 5.32 Å². The molecule has 1 aromatic heterocycles. The minimum Gasteiger partial charge on any atom is -0.305 e. The molecule has 0 amide bonds. The fourth-order valence-corrected chi connectivity index (χ4v) is 4.98. The lowest BCUT2D eigenvalue weighted by Gasteiger charge is -2.34. The van der Waals surface area contributed by atoms with E-state index in [1.165, 1.54) is 30.0 Å². The molecule has 0 spiro atoms. The molecule has 20 heavy (non-hydrogen) atoms. The van der Waals surface area contributed by atoms with E-state index in [2.05, 4.69) is 52.2 Å². The molecule has 1 aliphatic carbocycles. The van der Waals surface area contributed by atoms with E-state index in [0.717, 1.165) is 6.54 Å². The fourth-order valence-electron chi connectivity index (χ4n) is 3.71. The van der Waals surface area contributed by atoms with E-state index in [4.69, 9.17) is 4.98 Å². The summed E-state index contributed by atoms with van der Waals surface area (Å²) in [5.41, 5.74) is 1.75. The first-order valence-electron chi connectivity index (χ1n) is 8.01. The Morgan fingerprint density at radius 2 is 2.15 bits per heavy atom. The van der Waals surface area contributed by atoms with Crippen LogP contribution >= 0.6 is 11.3 Å². The van der Waals surface area contributed by atoms with E-state index in [1.54, 1.807) is 0 Å². The van der Waals surface area contributed by atoms with Gasteiger partial charge in [-0.15, -0.1) is 11.3 Å². The second kappa shape index (κ2) is 5.76. The summed E-state index contributed by atoms with van der Waals surface area (Å²) >= 11 is 1.86. The van der Waals surface area contributed by atoms with E-state index in [1.807, 2.05) is 11.3 Å². The molecule has 0 aliphatic heterocycles. The highest BCUT2D eigenvalue weighted by Crippen LogP contribution is 2.53. The molecule has 0 saturated heterocycles. The Morgan fingerprint density at radius 1 is 1.45 bits per heavy atom. The molecule has 2 unspecified atom stereocenters. The number of thiazole rings is 1. The highest BCUT2D eigenvalue weighted by Gasteiger charge is 2.50. The molecule has 114 valence electrons. The highest BCUT2D eigenvalue weighted by molar-refractivity contribution is 7.09. The van der Waals surface area contributed by atoms with Gasteiger partial charge in [-0.3, -0.25) is 0 Å². The lowest BCUT2D eigenvalue weighted by Crippen LogP contribution is -2.45. The Hall–Kier alpha value is -0.410. The van der Waals surface area contributed by atoms with Gasteiger partial charge in [0.25, 0.3) is 0 Å². The SMILES string of the molecule is CCCNC1(c2nc(C(C)C)cs2)CC(C)(C)CC1C. The zero-order chi connectivity index (χ0) is 15.0. The van der Waals surface area contributed by atoms with E-state index in [0.29, 0.717) is 17.3 Å². The van der Waals surface area contributed by atoms with Crippen molar-refractivity contribution in [3.63, 3.8) is 0 Å². The smallest absolute Gasteiger partial charge is 0.113 e. The van der Waals surface area contributed by atoms with Gasteiger partial charge in [0.15, 0.2) is 0 Å². The first kappa shape index (κ1) is 16.0. The van der Waals surface area contributed by atoms with Crippen LogP contribution in [0.5, 0.6) is 0 Å². The molecule has 1 saturated carbocycles. The molecule has 0 radical (unpaired) electrons. The van der Waals surface area contributed by atoms with Crippen molar-refractivity contribution >= 4 is 11.3 Å². The number of hydrogen-bond donors (Lipinski definition) is 1. The van der Waals surface area contributed by atoms with Gasteiger partial charge in [-0.05, 0) is 43.1 Å². The summed E-state index contributed by atoms with van der Waals surface area (Å²) < 4.78 is 0. The van der Waals surface area contributed by atoms with Gasteiger partial charge in [0, 0.05) is 5.38 Å². The maximum atomic E-state index is 4.99. The Bertz CT molecular complexity index is 450. The molecule has 1 fully saturated rings. The van der Waals surface area contributed by atoms with Crippen LogP contribution in [-0.2, 0) is 5.54 Å². The molecular formula is C17H30N2S. The van der Waals surface area contributed by atoms with Crippen LogP contribution in [0.4, 0.5) is 0 Å². The van der Waals surface area contributed by atoms with Gasteiger partial charge < -0.3 is 5.32 Å². The van der Waals surface area contributed by atoms with Gasteiger partial charge in [0.1, 0.15) is 5.01 Å². The Morgan fingerprint density at radius 3 is 2.60 bits per heavy atom. The van der Waals surface area contributed by atoms with Crippen molar-refractivity contribution in [3.05, 3.63) is 16.1 Å². The van der Waals surface area contributed by atoms with Crippen molar-refractivity contribution in [1.82, 2.24) is 10.3 Å². The van der Waals surface area contributed by atoms with E-state index in [-0.39, 0.29) is 5.54 Å². The second-order valence-corrected chi connectivity index (χ2v) is 8.43. The van der Waals surface area contributed by atoms with Gasteiger partial charge in [0.05, 0.1) is 11.2 Å². The third-order valence-electron chi connectivity index (χ3n) is 4.64. The van der Waals surface area contributed by atoms with Crippen molar-refractivity contribution in [2.75, 3.05) is 6.54 Å². The summed E-state index contributed by atoms with van der Waals surface area (Å²) in [5.74, 6) is 1.17. The summed E-state index contributed by atoms with van der Waals surface area (Å²) in [4.78, 5) is 4.99. The van der Waals surface area contributed by atoms with E-state index < -0.39 is 0 Å². The number of nitrogens with one attached hydrogen (secondary N) is 1. The first-order chi connectivity index (χ1) is 9.31. The second-order valence-electron chi connectivity index (χ2n) is 7.58. The summed E-state index contributed by atoms with van der Waals surface area (Å²) in [6.07, 6.45) is 3.66. The molecule has 1 heterocycles. The standard InChI is InChI=1S/C17H30N2S/c1-7-8-18-17(11-16(5,6)9-13(17)4)15-19-14(10-20-15)12(2)3/h10,12-13,18H,7-9,11H2,1-6H3. The highest BCUT2D eigenvalue weighted by atomic mass is 32.1. The lowest BCUT2D eigenvalue weighted by molar-refractivity contribution is 0.251. The summed E-state index contributed by atoms with van der Waals surface area (Å²) in [7, 11) is 0. The number of aromatic nitrogens is 1. The molecule has 1 aromatic rings. The zero-order valence-corrected chi connectivity index (χ0v) is 14.7. The molecule has 0 bridgehead atoms. The van der Waals surface area contributed by atoms with Crippen LogP contribution in [0.15, 0.2) is 5.38 Å². The monoisotopic (exact) mass is 294 g/mol. The minimum atomic E-state index is 0.0946. The average Bonchev–Trinajstić information content (AvgIpc) is 2.90. The Kier molecular flexibility index (Phi) is 4.60. The lowest BCUT2D eigenvalue weighted by atomic mass is 9.86. The van der Waals surface area contributed by atoms with Crippen LogP contribution in [0.25, 0.3) is 0 Å². The maximum absolute atomic E-state index is 4.99. The fraction of sp³-hybridized carbons (Fsp3) is 0.824. The largest absolute Gasteiger partial charge is 0.305 e. The normalized spacial score (nSPS) is 29.2. The van der Waals surface area contributed by atoms with E-state index >= 15 is 0 Å². The van der Waals surface area contributed by atoms with Crippen molar-refractivity contribution in [2.45, 2.75) is 72.3 Å². The van der Waals surface area contributed by atoms with Crippen LogP contribution in [0, 0.1) is 11.3 Å². The first-order valence-corrected chi connectivity index (χ1v) is 8.89. The molecule has 0 aromatic carbocycles. The molecule has 1 aliphatic rings. The maximum Gasteiger partial charge on any atom is 0.113 e. The molecule has 2 nitrogen and oxygen atoms in total. The predicted molar refractivity (Wildman–Crippen MR) is 88.4 cm³/mol. The van der Waals surface area contributed by atoms with Gasteiger partial charge >= 0.3 is 0 Å². The van der Waals surface area contributed by atoms with Gasteiger partial charge in [-0.25, -0.2) is 4.98 Å². The van der Waals surface area contributed by atoms with Crippen LogP contribution in [-0.4, -0.2) is 11.5 Å². The molecule has 3 heteroatoms. The minimum absolute atomic E-state index is 0.0946. The van der Waals surface area contributed by atoms with Crippen molar-refractivity contribution in [3.8, 4) is 0 Å². The topological polar surface area (TPSA) is 24.9 Å². The van der Waals surface area contributed by atoms with Crippen molar-refractivity contribution < 1.29 is 0 Å². The summed E-state index contributed by atoms with van der Waals surface area (Å²) in [5, 5.41) is 7.44. The van der Waals surface area contributed by atoms with Crippen LogP contribution in [0.3, 0.4) is 0 Å². The van der Waals surface area contributed by atoms with Crippen LogP contribution in [0.2, 0.25) is 0 Å². The number of rotatable bonds is 5.